The van der Waals surface area contributed by atoms with Crippen LogP contribution in [0.15, 0.2) is 17.0 Å². The van der Waals surface area contributed by atoms with Crippen molar-refractivity contribution in [3.8, 4) is 0 Å². The first-order chi connectivity index (χ1) is 9.90. The van der Waals surface area contributed by atoms with Crippen molar-refractivity contribution in [1.29, 1.82) is 0 Å². The van der Waals surface area contributed by atoms with Crippen molar-refractivity contribution in [3.63, 3.8) is 0 Å². The van der Waals surface area contributed by atoms with Crippen molar-refractivity contribution >= 4 is 15.7 Å². The van der Waals surface area contributed by atoms with Crippen LogP contribution in [-0.4, -0.2) is 39.5 Å². The highest BCUT2D eigenvalue weighted by atomic mass is 32.2. The van der Waals surface area contributed by atoms with E-state index < -0.39 is 15.8 Å². The maximum absolute atomic E-state index is 13.6. The summed E-state index contributed by atoms with van der Waals surface area (Å²) in [6, 6.07) is 2.30. The third-order valence-corrected chi connectivity index (χ3v) is 5.25. The Kier molecular flexibility index (Phi) is 5.18. The fourth-order valence-corrected chi connectivity index (χ4v) is 3.55. The lowest BCUT2D eigenvalue weighted by molar-refractivity contribution is 0.334. The summed E-state index contributed by atoms with van der Waals surface area (Å²) in [5.41, 5.74) is 6.03. The molecule has 0 aliphatic carbocycles. The summed E-state index contributed by atoms with van der Waals surface area (Å²) in [6.07, 6.45) is 3.17. The number of nitrogens with two attached hydrogens (primary N) is 1. The van der Waals surface area contributed by atoms with E-state index in [0.717, 1.165) is 32.1 Å². The van der Waals surface area contributed by atoms with Crippen LogP contribution in [0.3, 0.4) is 0 Å². The first kappa shape index (κ1) is 16.2. The van der Waals surface area contributed by atoms with Crippen LogP contribution in [0.25, 0.3) is 0 Å². The second kappa shape index (κ2) is 6.72. The highest BCUT2D eigenvalue weighted by Crippen LogP contribution is 2.20. The second-order valence-corrected chi connectivity index (χ2v) is 7.19. The van der Waals surface area contributed by atoms with Gasteiger partial charge in [-0.15, -0.1) is 0 Å². The van der Waals surface area contributed by atoms with Crippen molar-refractivity contribution in [2.24, 2.45) is 0 Å². The number of rotatable bonds is 6. The fraction of sp³-hybridized carbons (Fsp3) is 0.571. The maximum Gasteiger partial charge on any atom is 0.240 e. The van der Waals surface area contributed by atoms with Gasteiger partial charge in [-0.2, -0.15) is 0 Å². The van der Waals surface area contributed by atoms with Crippen LogP contribution < -0.4 is 10.5 Å². The van der Waals surface area contributed by atoms with Crippen LogP contribution in [0.1, 0.15) is 24.8 Å². The van der Waals surface area contributed by atoms with Crippen LogP contribution in [-0.2, 0) is 10.0 Å². The predicted molar refractivity (Wildman–Crippen MR) is 81.0 cm³/mol. The molecule has 1 aliphatic rings. The third-order valence-electron chi connectivity index (χ3n) is 3.81. The molecule has 1 aliphatic heterocycles. The number of nitrogens with one attached hydrogen (secondary N) is 1. The zero-order chi connectivity index (χ0) is 15.5. The van der Waals surface area contributed by atoms with E-state index in [-0.39, 0.29) is 16.1 Å². The number of sulfonamides is 1. The number of nitrogens with zero attached hydrogens (tertiary/aromatic N) is 1. The van der Waals surface area contributed by atoms with Gasteiger partial charge in [0, 0.05) is 17.8 Å². The minimum Gasteiger partial charge on any atom is -0.398 e. The summed E-state index contributed by atoms with van der Waals surface area (Å²) < 4.78 is 40.3. The Labute approximate surface area is 125 Å². The lowest BCUT2D eigenvalue weighted by atomic mass is 10.2. The molecule has 1 heterocycles. The molecule has 0 bridgehead atoms. The molecule has 1 fully saturated rings. The minimum absolute atomic E-state index is 0.121. The van der Waals surface area contributed by atoms with Crippen LogP contribution in [0.5, 0.6) is 0 Å². The maximum atomic E-state index is 13.6. The molecule has 0 aromatic heterocycles. The molecular weight excluding hydrogens is 293 g/mol. The Morgan fingerprint density at radius 1 is 1.33 bits per heavy atom. The van der Waals surface area contributed by atoms with E-state index in [1.165, 1.54) is 25.8 Å². The monoisotopic (exact) mass is 315 g/mol. The van der Waals surface area contributed by atoms with Gasteiger partial charge in [-0.3, -0.25) is 0 Å². The lowest BCUT2D eigenvalue weighted by Gasteiger charge is -2.14. The van der Waals surface area contributed by atoms with E-state index in [0.29, 0.717) is 6.54 Å². The van der Waals surface area contributed by atoms with Gasteiger partial charge < -0.3 is 10.6 Å². The first-order valence-corrected chi connectivity index (χ1v) is 8.66. The zero-order valence-corrected chi connectivity index (χ0v) is 13.0. The molecule has 2 rings (SSSR count). The number of likely N-dealkylation sites (tertiary alicyclic amines) is 1. The van der Waals surface area contributed by atoms with Gasteiger partial charge in [0.1, 0.15) is 5.82 Å². The lowest BCUT2D eigenvalue weighted by Crippen LogP contribution is -2.29. The van der Waals surface area contributed by atoms with Crippen LogP contribution >= 0.6 is 0 Å². The van der Waals surface area contributed by atoms with Gasteiger partial charge in [0.25, 0.3) is 0 Å². The van der Waals surface area contributed by atoms with E-state index in [9.17, 15) is 12.8 Å². The van der Waals surface area contributed by atoms with Crippen molar-refractivity contribution < 1.29 is 12.8 Å². The van der Waals surface area contributed by atoms with Crippen LogP contribution in [0.4, 0.5) is 10.1 Å². The summed E-state index contributed by atoms with van der Waals surface area (Å²) in [4.78, 5) is 2.20. The molecule has 5 nitrogen and oxygen atoms in total. The third kappa shape index (κ3) is 4.15. The van der Waals surface area contributed by atoms with E-state index in [1.807, 2.05) is 0 Å². The topological polar surface area (TPSA) is 75.4 Å². The summed E-state index contributed by atoms with van der Waals surface area (Å²) in [5.74, 6) is -0.604. The van der Waals surface area contributed by atoms with E-state index in [1.54, 1.807) is 0 Å². The number of benzene rings is 1. The number of anilines is 1. The minimum atomic E-state index is -3.71. The van der Waals surface area contributed by atoms with Crippen molar-refractivity contribution in [1.82, 2.24) is 9.62 Å². The molecule has 7 heteroatoms. The molecule has 0 amide bonds. The van der Waals surface area contributed by atoms with Gasteiger partial charge in [0.05, 0.1) is 4.90 Å². The first-order valence-electron chi connectivity index (χ1n) is 7.18. The highest BCUT2D eigenvalue weighted by Gasteiger charge is 2.17. The van der Waals surface area contributed by atoms with Gasteiger partial charge in [-0.05, 0) is 58.0 Å². The zero-order valence-electron chi connectivity index (χ0n) is 12.2. The van der Waals surface area contributed by atoms with Gasteiger partial charge >= 0.3 is 0 Å². The SMILES string of the molecule is Cc1c(N)cc(S(=O)(=O)NCCCN2CCCC2)cc1F. The van der Waals surface area contributed by atoms with Gasteiger partial charge in [-0.1, -0.05) is 0 Å². The largest absolute Gasteiger partial charge is 0.398 e. The predicted octanol–water partition coefficient (Wildman–Crippen LogP) is 1.48. The molecule has 0 unspecified atom stereocenters. The molecule has 0 radical (unpaired) electrons. The van der Waals surface area contributed by atoms with E-state index >= 15 is 0 Å². The fourth-order valence-electron chi connectivity index (χ4n) is 2.43. The molecule has 21 heavy (non-hydrogen) atoms. The molecule has 1 saturated heterocycles. The highest BCUT2D eigenvalue weighted by molar-refractivity contribution is 7.89. The van der Waals surface area contributed by atoms with E-state index in [4.69, 9.17) is 5.73 Å². The molecule has 0 spiro atoms. The van der Waals surface area contributed by atoms with Crippen molar-refractivity contribution in [3.05, 3.63) is 23.5 Å². The number of hydrogen-bond acceptors (Lipinski definition) is 4. The number of halogens is 1. The molecule has 1 aromatic rings. The van der Waals surface area contributed by atoms with Crippen molar-refractivity contribution in [2.75, 3.05) is 31.9 Å². The number of hydrogen-bond donors (Lipinski definition) is 2. The summed E-state index contributed by atoms with van der Waals surface area (Å²) in [5, 5.41) is 0. The molecular formula is C14H22FN3O2S. The van der Waals surface area contributed by atoms with Gasteiger partial charge in [0.2, 0.25) is 10.0 Å². The summed E-state index contributed by atoms with van der Waals surface area (Å²) in [7, 11) is -3.71. The van der Waals surface area contributed by atoms with Crippen LogP contribution in [0.2, 0.25) is 0 Å². The van der Waals surface area contributed by atoms with Crippen molar-refractivity contribution in [2.45, 2.75) is 31.1 Å². The van der Waals surface area contributed by atoms with E-state index in [2.05, 4.69) is 9.62 Å². The molecule has 0 saturated carbocycles. The Hall–Kier alpha value is -1.18. The average Bonchev–Trinajstić information content (AvgIpc) is 2.93. The van der Waals surface area contributed by atoms with Gasteiger partial charge in [0.15, 0.2) is 0 Å². The normalized spacial score (nSPS) is 16.5. The Morgan fingerprint density at radius 2 is 2.00 bits per heavy atom. The quantitative estimate of drug-likeness (QED) is 0.616. The molecule has 3 N–H and O–H groups in total. The molecule has 1 aromatic carbocycles. The smallest absolute Gasteiger partial charge is 0.240 e. The molecule has 118 valence electrons. The number of nitrogen functional groups attached to an aromatic ring is 1. The standard InChI is InChI=1S/C14H22FN3O2S/c1-11-13(15)9-12(10-14(11)16)21(19,20)17-5-4-8-18-6-2-3-7-18/h9-10,17H,2-8,16H2,1H3. The molecule has 0 atom stereocenters. The van der Waals surface area contributed by atoms with Crippen LogP contribution in [0, 0.1) is 12.7 Å². The summed E-state index contributed by atoms with van der Waals surface area (Å²) >= 11 is 0. The Morgan fingerprint density at radius 3 is 2.62 bits per heavy atom. The average molecular weight is 315 g/mol. The van der Waals surface area contributed by atoms with Gasteiger partial charge in [-0.25, -0.2) is 17.5 Å². The Bertz CT molecular complexity index is 575. The second-order valence-electron chi connectivity index (χ2n) is 5.42. The summed E-state index contributed by atoms with van der Waals surface area (Å²) in [6.45, 7) is 4.92. The Balaban J connectivity index is 1.92.